The number of benzene rings is 2. The molecule has 7 heteroatoms. The normalized spacial score (nSPS) is 14.0. The largest absolute Gasteiger partial charge is 0.380 e. The molecule has 4 rings (SSSR count). The number of aromatic nitrogens is 1. The number of hydrogen-bond acceptors (Lipinski definition) is 5. The maximum Gasteiger partial charge on any atom is 0.240 e. The van der Waals surface area contributed by atoms with Gasteiger partial charge in [-0.3, -0.25) is 0 Å². The summed E-state index contributed by atoms with van der Waals surface area (Å²) in [4.78, 5) is 4.58. The first-order valence-electron chi connectivity index (χ1n) is 8.70. The Labute approximate surface area is 157 Å². The zero-order valence-electron chi connectivity index (χ0n) is 14.5. The first-order valence-corrected chi connectivity index (χ1v) is 10.2. The standard InChI is InChI=1S/C20H18N4O2S/c21-12-16-11-20(18-3-1-2-4-19(18)23-16)22-13-14-5-9-17(10-6-14)27(25,26)24-15-7-8-15/h1-6,9-11,15,24H,7-8,13H2,(H,22,23). The number of nitrogens with one attached hydrogen (secondary N) is 2. The van der Waals surface area contributed by atoms with Crippen molar-refractivity contribution in [1.82, 2.24) is 9.71 Å². The van der Waals surface area contributed by atoms with Crippen molar-refractivity contribution >= 4 is 26.6 Å². The van der Waals surface area contributed by atoms with Crippen LogP contribution in [-0.4, -0.2) is 19.4 Å². The number of sulfonamides is 1. The van der Waals surface area contributed by atoms with Gasteiger partial charge >= 0.3 is 0 Å². The Kier molecular flexibility index (Phi) is 4.52. The fourth-order valence-electron chi connectivity index (χ4n) is 2.85. The lowest BCUT2D eigenvalue weighted by atomic mass is 10.1. The average Bonchev–Trinajstić information content (AvgIpc) is 3.49. The van der Waals surface area contributed by atoms with Crippen molar-refractivity contribution in [2.75, 3.05) is 5.32 Å². The highest BCUT2D eigenvalue weighted by Gasteiger charge is 2.27. The Morgan fingerprint density at radius 1 is 1.11 bits per heavy atom. The molecular formula is C20H18N4O2S. The molecule has 1 heterocycles. The fourth-order valence-corrected chi connectivity index (χ4v) is 4.16. The van der Waals surface area contributed by atoms with Gasteiger partial charge in [0.1, 0.15) is 11.8 Å². The van der Waals surface area contributed by atoms with E-state index in [-0.39, 0.29) is 10.9 Å². The third kappa shape index (κ3) is 3.92. The van der Waals surface area contributed by atoms with Crippen LogP contribution in [0.25, 0.3) is 10.9 Å². The van der Waals surface area contributed by atoms with Crippen LogP contribution < -0.4 is 10.0 Å². The molecule has 27 heavy (non-hydrogen) atoms. The van der Waals surface area contributed by atoms with Gasteiger partial charge in [0.2, 0.25) is 10.0 Å². The highest BCUT2D eigenvalue weighted by atomic mass is 32.2. The third-order valence-electron chi connectivity index (χ3n) is 4.45. The van der Waals surface area contributed by atoms with Crippen LogP contribution in [-0.2, 0) is 16.6 Å². The van der Waals surface area contributed by atoms with Crippen LogP contribution in [0.5, 0.6) is 0 Å². The second-order valence-corrected chi connectivity index (χ2v) is 8.29. The third-order valence-corrected chi connectivity index (χ3v) is 5.98. The molecule has 3 aromatic rings. The minimum absolute atomic E-state index is 0.0886. The van der Waals surface area contributed by atoms with Gasteiger partial charge in [0.25, 0.3) is 0 Å². The molecule has 0 radical (unpaired) electrons. The van der Waals surface area contributed by atoms with Gasteiger partial charge in [-0.15, -0.1) is 0 Å². The van der Waals surface area contributed by atoms with E-state index in [0.29, 0.717) is 12.2 Å². The summed E-state index contributed by atoms with van der Waals surface area (Å²) in [6.45, 7) is 0.509. The molecule has 6 nitrogen and oxygen atoms in total. The van der Waals surface area contributed by atoms with Crippen LogP contribution in [0.3, 0.4) is 0 Å². The highest BCUT2D eigenvalue weighted by Crippen LogP contribution is 2.24. The molecule has 136 valence electrons. The first kappa shape index (κ1) is 17.5. The Balaban J connectivity index is 1.52. The SMILES string of the molecule is N#Cc1cc(NCc2ccc(S(=O)(=O)NC3CC3)cc2)c2ccccc2n1. The van der Waals surface area contributed by atoms with Crippen LogP contribution in [0, 0.1) is 11.3 Å². The van der Waals surface area contributed by atoms with Crippen molar-refractivity contribution in [3.8, 4) is 6.07 Å². The van der Waals surface area contributed by atoms with E-state index in [9.17, 15) is 13.7 Å². The van der Waals surface area contributed by atoms with Gasteiger partial charge in [0.05, 0.1) is 10.4 Å². The highest BCUT2D eigenvalue weighted by molar-refractivity contribution is 7.89. The molecule has 0 saturated heterocycles. The predicted molar refractivity (Wildman–Crippen MR) is 104 cm³/mol. The second-order valence-electron chi connectivity index (χ2n) is 6.58. The molecule has 0 bridgehead atoms. The van der Waals surface area contributed by atoms with Crippen molar-refractivity contribution in [2.45, 2.75) is 30.3 Å². The van der Waals surface area contributed by atoms with Gasteiger partial charge in [-0.25, -0.2) is 18.1 Å². The molecule has 2 aromatic carbocycles. The van der Waals surface area contributed by atoms with Crippen molar-refractivity contribution in [3.05, 3.63) is 65.9 Å². The molecule has 1 saturated carbocycles. The van der Waals surface area contributed by atoms with Gasteiger partial charge in [-0.05, 0) is 42.7 Å². The molecule has 1 aliphatic rings. The lowest BCUT2D eigenvalue weighted by Gasteiger charge is -2.11. The van der Waals surface area contributed by atoms with Crippen molar-refractivity contribution < 1.29 is 8.42 Å². The zero-order valence-corrected chi connectivity index (χ0v) is 15.3. The predicted octanol–water partition coefficient (Wildman–Crippen LogP) is 3.16. The van der Waals surface area contributed by atoms with Crippen LogP contribution >= 0.6 is 0 Å². The summed E-state index contributed by atoms with van der Waals surface area (Å²) in [5.74, 6) is 0. The quantitative estimate of drug-likeness (QED) is 0.687. The number of pyridine rings is 1. The number of para-hydroxylation sites is 1. The number of hydrogen-bond donors (Lipinski definition) is 2. The van der Waals surface area contributed by atoms with Crippen LogP contribution in [0.15, 0.2) is 59.5 Å². The van der Waals surface area contributed by atoms with Gasteiger partial charge in [-0.2, -0.15) is 5.26 Å². The first-order chi connectivity index (χ1) is 13.0. The Morgan fingerprint density at radius 2 is 1.85 bits per heavy atom. The van der Waals surface area contributed by atoms with E-state index < -0.39 is 10.0 Å². The van der Waals surface area contributed by atoms with Gasteiger partial charge in [0, 0.05) is 23.7 Å². The summed E-state index contributed by atoms with van der Waals surface area (Å²) in [5, 5.41) is 13.4. The fraction of sp³-hybridized carbons (Fsp3) is 0.200. The summed E-state index contributed by atoms with van der Waals surface area (Å²) in [6, 6.07) is 18.3. The lowest BCUT2D eigenvalue weighted by molar-refractivity contribution is 0.581. The Hall–Kier alpha value is -2.95. The summed E-state index contributed by atoms with van der Waals surface area (Å²) in [5.41, 5.74) is 2.87. The van der Waals surface area contributed by atoms with E-state index >= 15 is 0 Å². The van der Waals surface area contributed by atoms with Gasteiger partial charge in [0.15, 0.2) is 0 Å². The van der Waals surface area contributed by atoms with E-state index in [0.717, 1.165) is 35.0 Å². The van der Waals surface area contributed by atoms with Crippen molar-refractivity contribution in [3.63, 3.8) is 0 Å². The summed E-state index contributed by atoms with van der Waals surface area (Å²) >= 11 is 0. The average molecular weight is 378 g/mol. The topological polar surface area (TPSA) is 94.9 Å². The van der Waals surface area contributed by atoms with Gasteiger partial charge < -0.3 is 5.32 Å². The zero-order chi connectivity index (χ0) is 18.9. The molecule has 1 aromatic heterocycles. The number of nitrogens with zero attached hydrogens (tertiary/aromatic N) is 2. The number of rotatable bonds is 6. The smallest absolute Gasteiger partial charge is 0.240 e. The Morgan fingerprint density at radius 3 is 2.56 bits per heavy atom. The van der Waals surface area contributed by atoms with Crippen molar-refractivity contribution in [2.24, 2.45) is 0 Å². The number of anilines is 1. The summed E-state index contributed by atoms with van der Waals surface area (Å²) in [6.07, 6.45) is 1.82. The van der Waals surface area contributed by atoms with E-state index in [4.69, 9.17) is 0 Å². The summed E-state index contributed by atoms with van der Waals surface area (Å²) < 4.78 is 27.1. The molecule has 1 fully saturated rings. The molecule has 0 spiro atoms. The molecule has 1 aliphatic carbocycles. The van der Waals surface area contributed by atoms with E-state index in [1.165, 1.54) is 0 Å². The summed E-state index contributed by atoms with van der Waals surface area (Å²) in [7, 11) is -3.43. The second kappa shape index (κ2) is 6.99. The van der Waals surface area contributed by atoms with Crippen LogP contribution in [0.4, 0.5) is 5.69 Å². The maximum atomic E-state index is 12.2. The molecular weight excluding hydrogens is 360 g/mol. The molecule has 0 aliphatic heterocycles. The van der Waals surface area contributed by atoms with Crippen LogP contribution in [0.2, 0.25) is 0 Å². The van der Waals surface area contributed by atoms with E-state index in [1.54, 1.807) is 30.3 Å². The monoisotopic (exact) mass is 378 g/mol. The number of nitriles is 1. The molecule has 2 N–H and O–H groups in total. The van der Waals surface area contributed by atoms with E-state index in [2.05, 4.69) is 21.1 Å². The molecule has 0 atom stereocenters. The lowest BCUT2D eigenvalue weighted by Crippen LogP contribution is -2.25. The minimum Gasteiger partial charge on any atom is -0.380 e. The van der Waals surface area contributed by atoms with Crippen LogP contribution in [0.1, 0.15) is 24.1 Å². The van der Waals surface area contributed by atoms with Crippen molar-refractivity contribution in [1.29, 1.82) is 5.26 Å². The number of fused-ring (bicyclic) bond motifs is 1. The molecule has 0 unspecified atom stereocenters. The molecule has 0 amide bonds. The Bertz CT molecular complexity index is 1130. The maximum absolute atomic E-state index is 12.2. The van der Waals surface area contributed by atoms with Gasteiger partial charge in [-0.1, -0.05) is 30.3 Å². The van der Waals surface area contributed by atoms with E-state index in [1.807, 2.05) is 24.3 Å². The minimum atomic E-state index is -3.43.